The predicted molar refractivity (Wildman–Crippen MR) is 77.9 cm³/mol. The van der Waals surface area contributed by atoms with E-state index in [2.05, 4.69) is 21.2 Å². The maximum Gasteiger partial charge on any atom is 0.416 e. The van der Waals surface area contributed by atoms with Crippen molar-refractivity contribution in [3.8, 4) is 0 Å². The van der Waals surface area contributed by atoms with E-state index in [0.29, 0.717) is 0 Å². The second-order valence-corrected chi connectivity index (χ2v) is 5.25. The van der Waals surface area contributed by atoms with Gasteiger partial charge < -0.3 is 5.32 Å². The van der Waals surface area contributed by atoms with Crippen molar-refractivity contribution in [1.82, 2.24) is 0 Å². The zero-order valence-electron chi connectivity index (χ0n) is 10.7. The van der Waals surface area contributed by atoms with Crippen LogP contribution in [-0.4, -0.2) is 5.91 Å². The van der Waals surface area contributed by atoms with Gasteiger partial charge in [0.05, 0.1) is 12.0 Å². The summed E-state index contributed by atoms with van der Waals surface area (Å²) in [6.45, 7) is 0. The second kappa shape index (κ2) is 6.30. The molecular formula is C15H11BrF3NO. The molecule has 0 aromatic heterocycles. The summed E-state index contributed by atoms with van der Waals surface area (Å²) in [7, 11) is 0. The van der Waals surface area contributed by atoms with E-state index in [4.69, 9.17) is 0 Å². The van der Waals surface area contributed by atoms with E-state index in [9.17, 15) is 18.0 Å². The number of nitrogens with one attached hydrogen (secondary N) is 1. The molecule has 0 aliphatic rings. The first-order valence-electron chi connectivity index (χ1n) is 6.07. The molecule has 2 nitrogen and oxygen atoms in total. The Balaban J connectivity index is 2.08. The van der Waals surface area contributed by atoms with Crippen molar-refractivity contribution in [2.75, 3.05) is 5.32 Å². The van der Waals surface area contributed by atoms with E-state index in [1.807, 2.05) is 6.07 Å². The number of rotatable bonds is 3. The third kappa shape index (κ3) is 4.32. The van der Waals surface area contributed by atoms with Crippen LogP contribution in [0.3, 0.4) is 0 Å². The maximum atomic E-state index is 12.6. The first kappa shape index (κ1) is 15.6. The molecule has 21 heavy (non-hydrogen) atoms. The van der Waals surface area contributed by atoms with Crippen molar-refractivity contribution >= 4 is 27.5 Å². The first-order valence-corrected chi connectivity index (χ1v) is 6.86. The smallest absolute Gasteiger partial charge is 0.326 e. The molecule has 1 amide bonds. The second-order valence-electron chi connectivity index (χ2n) is 4.39. The van der Waals surface area contributed by atoms with Gasteiger partial charge in [-0.3, -0.25) is 4.79 Å². The molecule has 0 aliphatic carbocycles. The van der Waals surface area contributed by atoms with Crippen LogP contribution in [0.4, 0.5) is 18.9 Å². The molecule has 2 aromatic carbocycles. The van der Waals surface area contributed by atoms with Crippen molar-refractivity contribution in [2.45, 2.75) is 12.6 Å². The largest absolute Gasteiger partial charge is 0.416 e. The zero-order valence-corrected chi connectivity index (χ0v) is 12.3. The van der Waals surface area contributed by atoms with Crippen molar-refractivity contribution in [3.63, 3.8) is 0 Å². The Bertz CT molecular complexity index is 655. The van der Waals surface area contributed by atoms with Crippen molar-refractivity contribution in [2.24, 2.45) is 0 Å². The van der Waals surface area contributed by atoms with Crippen molar-refractivity contribution < 1.29 is 18.0 Å². The van der Waals surface area contributed by atoms with Gasteiger partial charge in [0.25, 0.3) is 0 Å². The fourth-order valence-electron chi connectivity index (χ4n) is 1.79. The monoisotopic (exact) mass is 357 g/mol. The third-order valence-electron chi connectivity index (χ3n) is 2.78. The number of benzene rings is 2. The molecule has 0 bridgehead atoms. The number of halogens is 4. The Morgan fingerprint density at radius 1 is 1.10 bits per heavy atom. The number of hydrogen-bond donors (Lipinski definition) is 1. The number of carbonyl (C=O) groups excluding carboxylic acids is 1. The van der Waals surface area contributed by atoms with Crippen LogP contribution >= 0.6 is 15.9 Å². The van der Waals surface area contributed by atoms with E-state index in [1.165, 1.54) is 12.1 Å². The summed E-state index contributed by atoms with van der Waals surface area (Å²) >= 11 is 3.32. The maximum absolute atomic E-state index is 12.6. The Kier molecular flexibility index (Phi) is 4.67. The normalized spacial score (nSPS) is 11.2. The van der Waals surface area contributed by atoms with Gasteiger partial charge in [0.15, 0.2) is 0 Å². The van der Waals surface area contributed by atoms with Gasteiger partial charge in [-0.1, -0.05) is 40.2 Å². The summed E-state index contributed by atoms with van der Waals surface area (Å²) < 4.78 is 38.5. The van der Waals surface area contributed by atoms with Gasteiger partial charge >= 0.3 is 6.18 Å². The molecule has 0 unspecified atom stereocenters. The highest BCUT2D eigenvalue weighted by atomic mass is 79.9. The molecule has 2 rings (SSSR count). The summed E-state index contributed by atoms with van der Waals surface area (Å²) in [4.78, 5) is 11.9. The molecule has 0 aliphatic heterocycles. The lowest BCUT2D eigenvalue weighted by Crippen LogP contribution is -2.15. The number of alkyl halides is 3. The van der Waals surface area contributed by atoms with Crippen LogP contribution in [0.1, 0.15) is 11.1 Å². The molecule has 0 heterocycles. The van der Waals surface area contributed by atoms with Crippen LogP contribution in [-0.2, 0) is 17.4 Å². The van der Waals surface area contributed by atoms with Crippen molar-refractivity contribution in [3.05, 3.63) is 64.1 Å². The summed E-state index contributed by atoms with van der Waals surface area (Å²) in [6, 6.07) is 11.7. The fraction of sp³-hybridized carbons (Fsp3) is 0.133. The van der Waals surface area contributed by atoms with Gasteiger partial charge in [-0.15, -0.1) is 0 Å². The SMILES string of the molecule is O=C(Cc1ccccc1Br)Nc1cccc(C(F)(F)F)c1. The minimum atomic E-state index is -4.43. The van der Waals surface area contributed by atoms with E-state index < -0.39 is 11.7 Å². The van der Waals surface area contributed by atoms with Gasteiger partial charge in [-0.05, 0) is 29.8 Å². The molecule has 0 radical (unpaired) electrons. The highest BCUT2D eigenvalue weighted by Crippen LogP contribution is 2.30. The Morgan fingerprint density at radius 2 is 1.81 bits per heavy atom. The van der Waals surface area contributed by atoms with Gasteiger partial charge in [0, 0.05) is 10.2 Å². The van der Waals surface area contributed by atoms with E-state index in [-0.39, 0.29) is 18.0 Å². The van der Waals surface area contributed by atoms with E-state index >= 15 is 0 Å². The van der Waals surface area contributed by atoms with Gasteiger partial charge in [0.1, 0.15) is 0 Å². The minimum absolute atomic E-state index is 0.0810. The topological polar surface area (TPSA) is 29.1 Å². The van der Waals surface area contributed by atoms with Gasteiger partial charge in [-0.25, -0.2) is 0 Å². The third-order valence-corrected chi connectivity index (χ3v) is 3.56. The molecule has 0 spiro atoms. The van der Waals surface area contributed by atoms with Crippen LogP contribution in [0, 0.1) is 0 Å². The lowest BCUT2D eigenvalue weighted by Gasteiger charge is -2.10. The van der Waals surface area contributed by atoms with Crippen LogP contribution < -0.4 is 5.32 Å². The van der Waals surface area contributed by atoms with Crippen LogP contribution in [0.15, 0.2) is 53.0 Å². The van der Waals surface area contributed by atoms with Crippen LogP contribution in [0.25, 0.3) is 0 Å². The molecule has 1 N–H and O–H groups in total. The standard InChI is InChI=1S/C15H11BrF3NO/c16-13-7-2-1-4-10(13)8-14(21)20-12-6-3-5-11(9-12)15(17,18)19/h1-7,9H,8H2,(H,20,21). The lowest BCUT2D eigenvalue weighted by molar-refractivity contribution is -0.137. The first-order chi connectivity index (χ1) is 9.86. The molecule has 2 aromatic rings. The molecular weight excluding hydrogens is 347 g/mol. The number of amides is 1. The lowest BCUT2D eigenvalue weighted by atomic mass is 10.1. The molecule has 0 saturated carbocycles. The Morgan fingerprint density at radius 3 is 2.48 bits per heavy atom. The van der Waals surface area contributed by atoms with E-state index in [1.54, 1.807) is 18.2 Å². The predicted octanol–water partition coefficient (Wildman–Crippen LogP) is 4.65. The van der Waals surface area contributed by atoms with Crippen LogP contribution in [0.5, 0.6) is 0 Å². The van der Waals surface area contributed by atoms with E-state index in [0.717, 1.165) is 22.2 Å². The highest BCUT2D eigenvalue weighted by Gasteiger charge is 2.30. The summed E-state index contributed by atoms with van der Waals surface area (Å²) in [5.41, 5.74) is 0.102. The molecule has 6 heteroatoms. The molecule has 110 valence electrons. The summed E-state index contributed by atoms with van der Waals surface area (Å²) in [5.74, 6) is -0.374. The van der Waals surface area contributed by atoms with Crippen LogP contribution in [0.2, 0.25) is 0 Å². The highest BCUT2D eigenvalue weighted by molar-refractivity contribution is 9.10. The van der Waals surface area contributed by atoms with Gasteiger partial charge in [0.2, 0.25) is 5.91 Å². The number of carbonyl (C=O) groups is 1. The molecule has 0 fully saturated rings. The number of anilines is 1. The van der Waals surface area contributed by atoms with Crippen molar-refractivity contribution in [1.29, 1.82) is 0 Å². The Labute approximate surface area is 128 Å². The summed E-state index contributed by atoms with van der Waals surface area (Å²) in [6.07, 6.45) is -4.35. The fourth-order valence-corrected chi connectivity index (χ4v) is 2.22. The Hall–Kier alpha value is -1.82. The zero-order chi connectivity index (χ0) is 15.5. The van der Waals surface area contributed by atoms with Gasteiger partial charge in [-0.2, -0.15) is 13.2 Å². The quantitative estimate of drug-likeness (QED) is 0.850. The average Bonchev–Trinajstić information content (AvgIpc) is 2.41. The molecule has 0 atom stereocenters. The minimum Gasteiger partial charge on any atom is -0.326 e. The molecule has 0 saturated heterocycles. The number of hydrogen-bond acceptors (Lipinski definition) is 1. The average molecular weight is 358 g/mol. The summed E-state index contributed by atoms with van der Waals surface area (Å²) in [5, 5.41) is 2.47.